The molecule has 0 bridgehead atoms. The Morgan fingerprint density at radius 3 is 2.75 bits per heavy atom. The molecule has 2 aliphatic heterocycles. The summed E-state index contributed by atoms with van der Waals surface area (Å²) >= 11 is 0. The number of carboxylic acid groups (broad SMARTS) is 1. The van der Waals surface area contributed by atoms with Crippen molar-refractivity contribution in [2.24, 2.45) is 4.99 Å². The van der Waals surface area contributed by atoms with Crippen LogP contribution in [-0.4, -0.2) is 42.7 Å². The van der Waals surface area contributed by atoms with Gasteiger partial charge in [-0.2, -0.15) is 0 Å². The summed E-state index contributed by atoms with van der Waals surface area (Å²) in [4.78, 5) is 14.4. The minimum absolute atomic E-state index is 0.433. The predicted octanol–water partition coefficient (Wildman–Crippen LogP) is -0.498. The zero-order chi connectivity index (χ0) is 11.8. The molecule has 0 saturated carbocycles. The van der Waals surface area contributed by atoms with Crippen molar-refractivity contribution in [3.05, 3.63) is 12.3 Å². The fraction of sp³-hybridized carbons (Fsp3) is 0.600. The van der Waals surface area contributed by atoms with Crippen LogP contribution in [0.1, 0.15) is 13.3 Å². The maximum atomic E-state index is 10.4. The predicted molar refractivity (Wildman–Crippen MR) is 62.3 cm³/mol. The van der Waals surface area contributed by atoms with E-state index in [4.69, 9.17) is 5.11 Å². The summed E-state index contributed by atoms with van der Waals surface area (Å²) in [5, 5.41) is 17.4. The van der Waals surface area contributed by atoms with Crippen LogP contribution in [0.2, 0.25) is 0 Å². The zero-order valence-electron chi connectivity index (χ0n) is 9.36. The van der Waals surface area contributed by atoms with Crippen LogP contribution in [0.15, 0.2) is 17.3 Å². The van der Waals surface area contributed by atoms with Gasteiger partial charge in [0.2, 0.25) is 0 Å². The number of hydrogen-bond acceptors (Lipinski definition) is 5. The lowest BCUT2D eigenvalue weighted by molar-refractivity contribution is -0.139. The first-order chi connectivity index (χ1) is 7.70. The highest BCUT2D eigenvalue weighted by molar-refractivity contribution is 5.86. The third-order valence-corrected chi connectivity index (χ3v) is 2.17. The standard InChI is InChI=1S/C6H10N2O2.C4H8N2/c1-4-7-3-2-5(8-4)6(9)10;1-2-5-4-6-3-1/h5H,2-3H2,1H3,(H,7,8)(H,9,10);1-2,5-6H,3-4H2. The highest BCUT2D eigenvalue weighted by Crippen LogP contribution is 1.98. The fourth-order valence-electron chi connectivity index (χ4n) is 1.35. The molecule has 0 saturated heterocycles. The Morgan fingerprint density at radius 2 is 2.44 bits per heavy atom. The van der Waals surface area contributed by atoms with Gasteiger partial charge in [-0.1, -0.05) is 6.08 Å². The summed E-state index contributed by atoms with van der Waals surface area (Å²) in [6.07, 6.45) is 4.59. The molecule has 1 atom stereocenters. The molecule has 0 aliphatic carbocycles. The van der Waals surface area contributed by atoms with Gasteiger partial charge in [0.25, 0.3) is 0 Å². The number of nitrogens with one attached hydrogen (secondary N) is 3. The van der Waals surface area contributed by atoms with Crippen LogP contribution in [0.5, 0.6) is 0 Å². The van der Waals surface area contributed by atoms with E-state index in [1.807, 2.05) is 12.3 Å². The first-order valence-electron chi connectivity index (χ1n) is 5.29. The molecule has 2 heterocycles. The van der Waals surface area contributed by atoms with Gasteiger partial charge in [-0.3, -0.25) is 10.3 Å². The van der Waals surface area contributed by atoms with Crippen molar-refractivity contribution in [2.75, 3.05) is 19.8 Å². The molecule has 0 amide bonds. The van der Waals surface area contributed by atoms with Gasteiger partial charge in [0.05, 0.1) is 12.5 Å². The maximum Gasteiger partial charge on any atom is 0.326 e. The lowest BCUT2D eigenvalue weighted by Crippen LogP contribution is -2.42. The first kappa shape index (κ1) is 12.5. The van der Waals surface area contributed by atoms with Crippen LogP contribution in [0.3, 0.4) is 0 Å². The van der Waals surface area contributed by atoms with Crippen molar-refractivity contribution in [2.45, 2.75) is 19.4 Å². The number of nitrogens with zero attached hydrogens (tertiary/aromatic N) is 1. The molecule has 0 aromatic carbocycles. The molecule has 0 fully saturated rings. The van der Waals surface area contributed by atoms with E-state index in [-0.39, 0.29) is 0 Å². The average Bonchev–Trinajstić information content (AvgIpc) is 2.32. The molecule has 0 aromatic heterocycles. The van der Waals surface area contributed by atoms with E-state index in [0.717, 1.165) is 19.0 Å². The third-order valence-electron chi connectivity index (χ3n) is 2.17. The van der Waals surface area contributed by atoms with Crippen LogP contribution in [0.4, 0.5) is 0 Å². The molecule has 4 N–H and O–H groups in total. The summed E-state index contributed by atoms with van der Waals surface area (Å²) in [7, 11) is 0. The first-order valence-corrected chi connectivity index (χ1v) is 5.29. The van der Waals surface area contributed by atoms with Gasteiger partial charge in [-0.25, -0.2) is 4.79 Å². The number of aliphatic carboxylic acids is 1. The average molecular weight is 226 g/mol. The van der Waals surface area contributed by atoms with E-state index >= 15 is 0 Å². The topological polar surface area (TPSA) is 85.8 Å². The van der Waals surface area contributed by atoms with Crippen LogP contribution in [0.25, 0.3) is 0 Å². The summed E-state index contributed by atoms with van der Waals surface area (Å²) in [5.74, 6) is -0.0760. The van der Waals surface area contributed by atoms with Crippen molar-refractivity contribution in [1.82, 2.24) is 16.0 Å². The van der Waals surface area contributed by atoms with Crippen molar-refractivity contribution < 1.29 is 9.90 Å². The van der Waals surface area contributed by atoms with E-state index in [9.17, 15) is 4.79 Å². The number of rotatable bonds is 1. The highest BCUT2D eigenvalue weighted by atomic mass is 16.4. The minimum atomic E-state index is -0.797. The second-order valence-electron chi connectivity index (χ2n) is 3.53. The second kappa shape index (κ2) is 6.84. The van der Waals surface area contributed by atoms with Crippen molar-refractivity contribution in [3.8, 4) is 0 Å². The Kier molecular flexibility index (Phi) is 5.35. The molecule has 90 valence electrons. The van der Waals surface area contributed by atoms with Gasteiger partial charge < -0.3 is 15.7 Å². The van der Waals surface area contributed by atoms with Gasteiger partial charge in [-0.05, 0) is 19.5 Å². The molecule has 1 unspecified atom stereocenters. The van der Waals surface area contributed by atoms with Gasteiger partial charge in [-0.15, -0.1) is 0 Å². The second-order valence-corrected chi connectivity index (χ2v) is 3.53. The van der Waals surface area contributed by atoms with Gasteiger partial charge in [0.15, 0.2) is 0 Å². The Labute approximate surface area is 94.8 Å². The van der Waals surface area contributed by atoms with E-state index in [0.29, 0.717) is 13.0 Å². The number of aliphatic imine (C=N–C) groups is 1. The zero-order valence-corrected chi connectivity index (χ0v) is 9.36. The van der Waals surface area contributed by atoms with Gasteiger partial charge in [0, 0.05) is 13.1 Å². The summed E-state index contributed by atoms with van der Waals surface area (Å²) in [6, 6.07) is -0.433. The minimum Gasteiger partial charge on any atom is -0.480 e. The van der Waals surface area contributed by atoms with Crippen molar-refractivity contribution in [1.29, 1.82) is 0 Å². The van der Waals surface area contributed by atoms with Gasteiger partial charge >= 0.3 is 5.97 Å². The molecule has 6 nitrogen and oxygen atoms in total. The SMILES string of the molecule is C1=CNCNC1.CC1=NCCC(C(=O)O)N1. The number of carboxylic acids is 1. The molecule has 2 rings (SSSR count). The molecule has 2 aliphatic rings. The smallest absolute Gasteiger partial charge is 0.326 e. The maximum absolute atomic E-state index is 10.4. The Balaban J connectivity index is 0.000000181. The number of amidine groups is 1. The normalized spacial score (nSPS) is 23.1. The molecule has 16 heavy (non-hydrogen) atoms. The lowest BCUT2D eigenvalue weighted by Gasteiger charge is -2.18. The molecular weight excluding hydrogens is 208 g/mol. The van der Waals surface area contributed by atoms with E-state index in [1.165, 1.54) is 0 Å². The largest absolute Gasteiger partial charge is 0.480 e. The van der Waals surface area contributed by atoms with Crippen LogP contribution < -0.4 is 16.0 Å². The quantitative estimate of drug-likeness (QED) is 0.484. The fourth-order valence-corrected chi connectivity index (χ4v) is 1.35. The van der Waals surface area contributed by atoms with Crippen molar-refractivity contribution >= 4 is 11.8 Å². The van der Waals surface area contributed by atoms with E-state index in [1.54, 1.807) is 6.92 Å². The number of hydrogen-bond donors (Lipinski definition) is 4. The summed E-state index contributed by atoms with van der Waals surface area (Å²) in [5.41, 5.74) is 0. The summed E-state index contributed by atoms with van der Waals surface area (Å²) in [6.45, 7) is 4.31. The van der Waals surface area contributed by atoms with Crippen LogP contribution in [0, 0.1) is 0 Å². The molecule has 0 spiro atoms. The van der Waals surface area contributed by atoms with Gasteiger partial charge in [0.1, 0.15) is 6.04 Å². The Hall–Kier alpha value is -1.56. The molecule has 6 heteroatoms. The molecule has 0 radical (unpaired) electrons. The monoisotopic (exact) mass is 226 g/mol. The van der Waals surface area contributed by atoms with E-state index in [2.05, 4.69) is 20.9 Å². The lowest BCUT2D eigenvalue weighted by atomic mass is 10.2. The molecule has 0 aromatic rings. The van der Waals surface area contributed by atoms with Crippen LogP contribution in [-0.2, 0) is 4.79 Å². The van der Waals surface area contributed by atoms with Crippen LogP contribution >= 0.6 is 0 Å². The number of carbonyl (C=O) groups is 1. The third kappa shape index (κ3) is 4.79. The van der Waals surface area contributed by atoms with E-state index < -0.39 is 12.0 Å². The summed E-state index contributed by atoms with van der Waals surface area (Å²) < 4.78 is 0. The molecular formula is C10H18N4O2. The highest BCUT2D eigenvalue weighted by Gasteiger charge is 2.19. The Bertz CT molecular complexity index is 281. The van der Waals surface area contributed by atoms with Crippen molar-refractivity contribution in [3.63, 3.8) is 0 Å². The Morgan fingerprint density at radius 1 is 1.62 bits per heavy atom.